The second-order valence-electron chi connectivity index (χ2n) is 5.68. The van der Waals surface area contributed by atoms with E-state index in [0.29, 0.717) is 13.2 Å². The number of nitrogens with two attached hydrogens (primary N) is 1. The van der Waals surface area contributed by atoms with Gasteiger partial charge >= 0.3 is 0 Å². The Morgan fingerprint density at radius 2 is 2.05 bits per heavy atom. The van der Waals surface area contributed by atoms with Crippen LogP contribution < -0.4 is 11.1 Å². The van der Waals surface area contributed by atoms with E-state index in [2.05, 4.69) is 5.32 Å². The molecule has 0 bridgehead atoms. The van der Waals surface area contributed by atoms with Gasteiger partial charge in [0.25, 0.3) is 0 Å². The van der Waals surface area contributed by atoms with Crippen LogP contribution in [-0.2, 0) is 14.3 Å². The van der Waals surface area contributed by atoms with Crippen molar-refractivity contribution in [3.05, 3.63) is 0 Å². The average Bonchev–Trinajstić information content (AvgIpc) is 3.20. The summed E-state index contributed by atoms with van der Waals surface area (Å²) in [6.07, 6.45) is 2.05. The summed E-state index contributed by atoms with van der Waals surface area (Å²) in [5, 5.41) is 2.92. The average molecular weight is 269 g/mol. The first-order valence-corrected chi connectivity index (χ1v) is 6.95. The van der Waals surface area contributed by atoms with Gasteiger partial charge in [-0.2, -0.15) is 0 Å². The summed E-state index contributed by atoms with van der Waals surface area (Å²) in [6.45, 7) is 4.96. The maximum Gasteiger partial charge on any atom is 0.245 e. The summed E-state index contributed by atoms with van der Waals surface area (Å²) in [5.41, 5.74) is 5.90. The Morgan fingerprint density at radius 3 is 2.63 bits per heavy atom. The quantitative estimate of drug-likeness (QED) is 0.719. The monoisotopic (exact) mass is 269 g/mol. The molecule has 19 heavy (non-hydrogen) atoms. The highest BCUT2D eigenvalue weighted by molar-refractivity contribution is 5.90. The topological polar surface area (TPSA) is 84.7 Å². The summed E-state index contributed by atoms with van der Waals surface area (Å²) >= 11 is 0. The molecule has 1 heterocycles. The van der Waals surface area contributed by atoms with Gasteiger partial charge in [-0.25, -0.2) is 0 Å². The maximum absolute atomic E-state index is 12.3. The van der Waals surface area contributed by atoms with E-state index in [4.69, 9.17) is 10.5 Å². The highest BCUT2D eigenvalue weighted by Gasteiger charge is 2.37. The lowest BCUT2D eigenvalue weighted by Crippen LogP contribution is -2.60. The largest absolute Gasteiger partial charge is 0.377 e. The number of ether oxygens (including phenoxy) is 1. The molecular formula is C13H23N3O3. The van der Waals surface area contributed by atoms with E-state index in [1.807, 2.05) is 13.8 Å². The lowest BCUT2D eigenvalue weighted by molar-refractivity contribution is -0.150. The van der Waals surface area contributed by atoms with Crippen LogP contribution in [0.4, 0.5) is 0 Å². The molecule has 0 aromatic rings. The van der Waals surface area contributed by atoms with Gasteiger partial charge in [-0.05, 0) is 18.8 Å². The van der Waals surface area contributed by atoms with Crippen LogP contribution >= 0.6 is 0 Å². The predicted octanol–water partition coefficient (Wildman–Crippen LogP) is -0.524. The van der Waals surface area contributed by atoms with Crippen LogP contribution in [0.25, 0.3) is 0 Å². The highest BCUT2D eigenvalue weighted by atomic mass is 16.5. The Labute approximate surface area is 113 Å². The first-order valence-electron chi connectivity index (χ1n) is 6.95. The number of nitrogens with one attached hydrogen (secondary N) is 1. The van der Waals surface area contributed by atoms with E-state index in [9.17, 15) is 9.59 Å². The van der Waals surface area contributed by atoms with Gasteiger partial charge in [0, 0.05) is 12.6 Å². The van der Waals surface area contributed by atoms with Crippen LogP contribution in [0, 0.1) is 5.92 Å². The number of hydrogen-bond acceptors (Lipinski definition) is 4. The van der Waals surface area contributed by atoms with Crippen LogP contribution in [0.2, 0.25) is 0 Å². The van der Waals surface area contributed by atoms with Crippen molar-refractivity contribution in [1.29, 1.82) is 0 Å². The summed E-state index contributed by atoms with van der Waals surface area (Å²) in [5.74, 6) is -0.219. The van der Waals surface area contributed by atoms with E-state index in [1.165, 1.54) is 0 Å². The van der Waals surface area contributed by atoms with Crippen molar-refractivity contribution in [1.82, 2.24) is 10.2 Å². The maximum atomic E-state index is 12.3. The molecule has 108 valence electrons. The number of morpholine rings is 1. The molecule has 1 aliphatic carbocycles. The fraction of sp³-hybridized carbons (Fsp3) is 0.846. The Kier molecular flexibility index (Phi) is 4.42. The normalized spacial score (nSPS) is 25.3. The molecule has 2 atom stereocenters. The zero-order valence-corrected chi connectivity index (χ0v) is 11.6. The Hall–Kier alpha value is -1.14. The number of amides is 2. The fourth-order valence-corrected chi connectivity index (χ4v) is 2.09. The highest BCUT2D eigenvalue weighted by Crippen LogP contribution is 2.20. The molecule has 2 aliphatic rings. The molecule has 2 fully saturated rings. The first kappa shape index (κ1) is 14.3. The Bertz CT molecular complexity index is 355. The molecule has 0 radical (unpaired) electrons. The molecule has 1 unspecified atom stereocenters. The zero-order chi connectivity index (χ0) is 14.0. The molecule has 1 saturated heterocycles. The van der Waals surface area contributed by atoms with Crippen LogP contribution in [0.1, 0.15) is 26.7 Å². The van der Waals surface area contributed by atoms with Gasteiger partial charge in [-0.15, -0.1) is 0 Å². The molecule has 2 rings (SSSR count). The van der Waals surface area contributed by atoms with Gasteiger partial charge < -0.3 is 20.7 Å². The van der Waals surface area contributed by atoms with Gasteiger partial charge in [0.15, 0.2) is 0 Å². The second-order valence-corrected chi connectivity index (χ2v) is 5.68. The van der Waals surface area contributed by atoms with Gasteiger partial charge in [0.05, 0.1) is 19.3 Å². The van der Waals surface area contributed by atoms with Crippen molar-refractivity contribution in [2.24, 2.45) is 11.7 Å². The molecule has 0 aromatic carbocycles. The zero-order valence-electron chi connectivity index (χ0n) is 11.6. The molecule has 0 spiro atoms. The van der Waals surface area contributed by atoms with Crippen LogP contribution in [0.5, 0.6) is 0 Å². The second kappa shape index (κ2) is 5.88. The number of carbonyl (C=O) groups is 2. The van der Waals surface area contributed by atoms with Crippen molar-refractivity contribution < 1.29 is 14.3 Å². The van der Waals surface area contributed by atoms with Crippen LogP contribution in [0.15, 0.2) is 0 Å². The van der Waals surface area contributed by atoms with E-state index in [-0.39, 0.29) is 30.4 Å². The van der Waals surface area contributed by atoms with E-state index in [0.717, 1.165) is 12.8 Å². The lowest BCUT2D eigenvalue weighted by Gasteiger charge is -2.36. The number of carbonyl (C=O) groups excluding carboxylic acids is 2. The summed E-state index contributed by atoms with van der Waals surface area (Å²) < 4.78 is 5.33. The van der Waals surface area contributed by atoms with Gasteiger partial charge in [-0.3, -0.25) is 9.59 Å². The van der Waals surface area contributed by atoms with Gasteiger partial charge in [-0.1, -0.05) is 13.8 Å². The Balaban J connectivity index is 2.01. The van der Waals surface area contributed by atoms with Gasteiger partial charge in [0.2, 0.25) is 11.8 Å². The molecule has 6 heteroatoms. The third-order valence-electron chi connectivity index (χ3n) is 3.64. The predicted molar refractivity (Wildman–Crippen MR) is 70.3 cm³/mol. The number of rotatable bonds is 4. The van der Waals surface area contributed by atoms with Gasteiger partial charge in [0.1, 0.15) is 6.04 Å². The molecular weight excluding hydrogens is 246 g/mol. The minimum absolute atomic E-state index is 0.0579. The van der Waals surface area contributed by atoms with E-state index < -0.39 is 12.1 Å². The van der Waals surface area contributed by atoms with Crippen molar-refractivity contribution >= 4 is 11.8 Å². The minimum Gasteiger partial charge on any atom is -0.377 e. The van der Waals surface area contributed by atoms with Crippen molar-refractivity contribution in [2.75, 3.05) is 19.8 Å². The summed E-state index contributed by atoms with van der Waals surface area (Å²) in [7, 11) is 0. The third kappa shape index (κ3) is 3.45. The Morgan fingerprint density at radius 1 is 1.37 bits per heavy atom. The van der Waals surface area contributed by atoms with Crippen molar-refractivity contribution in [3.63, 3.8) is 0 Å². The standard InChI is InChI=1S/C13H23N3O3/c1-8(2)11(14)13(18)16-5-6-19-7-10(16)12(17)15-9-3-4-9/h8-11H,3-7,14H2,1-2H3,(H,15,17)/t10?,11-/m0/s1. The SMILES string of the molecule is CC(C)[C@H](N)C(=O)N1CCOCC1C(=O)NC1CC1. The van der Waals surface area contributed by atoms with E-state index in [1.54, 1.807) is 4.90 Å². The first-order chi connectivity index (χ1) is 9.00. The van der Waals surface area contributed by atoms with Crippen LogP contribution in [-0.4, -0.2) is 54.6 Å². The molecule has 1 saturated carbocycles. The number of nitrogens with zero attached hydrogens (tertiary/aromatic N) is 1. The smallest absolute Gasteiger partial charge is 0.245 e. The van der Waals surface area contributed by atoms with Crippen LogP contribution in [0.3, 0.4) is 0 Å². The molecule has 0 aromatic heterocycles. The molecule has 1 aliphatic heterocycles. The fourth-order valence-electron chi connectivity index (χ4n) is 2.09. The minimum atomic E-state index is -0.561. The lowest BCUT2D eigenvalue weighted by atomic mass is 10.0. The van der Waals surface area contributed by atoms with E-state index >= 15 is 0 Å². The molecule has 3 N–H and O–H groups in total. The molecule has 6 nitrogen and oxygen atoms in total. The molecule has 2 amide bonds. The summed E-state index contributed by atoms with van der Waals surface area (Å²) in [4.78, 5) is 26.0. The van der Waals surface area contributed by atoms with Crippen molar-refractivity contribution in [2.45, 2.75) is 44.8 Å². The third-order valence-corrected chi connectivity index (χ3v) is 3.64. The summed E-state index contributed by atoms with van der Waals surface area (Å²) in [6, 6.07) is -0.814. The number of hydrogen-bond donors (Lipinski definition) is 2. The van der Waals surface area contributed by atoms with Crippen molar-refractivity contribution in [3.8, 4) is 0 Å².